The Morgan fingerprint density at radius 3 is 2.77 bits per heavy atom. The SMILES string of the molecule is NS(=O)(=O)c1cccc(C(=O)NCCCN2CCCC2=O)c1. The molecule has 2 rings (SSSR count). The van der Waals surface area contributed by atoms with Crippen molar-refractivity contribution in [2.45, 2.75) is 24.2 Å². The number of sulfonamides is 1. The van der Waals surface area contributed by atoms with Crippen molar-refractivity contribution in [3.8, 4) is 0 Å². The van der Waals surface area contributed by atoms with Crippen LogP contribution in [0.5, 0.6) is 0 Å². The van der Waals surface area contributed by atoms with Crippen LogP contribution in [0.15, 0.2) is 29.2 Å². The molecule has 1 fully saturated rings. The number of carbonyl (C=O) groups is 2. The highest BCUT2D eigenvalue weighted by Crippen LogP contribution is 2.10. The Morgan fingerprint density at radius 1 is 1.36 bits per heavy atom. The second-order valence-corrected chi connectivity index (χ2v) is 6.73. The Kier molecular flexibility index (Phi) is 5.15. The molecule has 0 saturated carbocycles. The summed E-state index contributed by atoms with van der Waals surface area (Å²) in [5.74, 6) is -0.203. The molecule has 1 aliphatic rings. The molecule has 7 nitrogen and oxygen atoms in total. The lowest BCUT2D eigenvalue weighted by Gasteiger charge is -2.15. The summed E-state index contributed by atoms with van der Waals surface area (Å²) >= 11 is 0. The summed E-state index contributed by atoms with van der Waals surface area (Å²) in [6.07, 6.45) is 2.16. The number of amides is 2. The van der Waals surface area contributed by atoms with E-state index in [2.05, 4.69) is 5.32 Å². The Bertz CT molecular complexity index is 672. The van der Waals surface area contributed by atoms with E-state index in [0.717, 1.165) is 13.0 Å². The van der Waals surface area contributed by atoms with Gasteiger partial charge in [0.25, 0.3) is 5.91 Å². The van der Waals surface area contributed by atoms with Crippen LogP contribution in [0.2, 0.25) is 0 Å². The van der Waals surface area contributed by atoms with Crippen LogP contribution in [0.4, 0.5) is 0 Å². The predicted molar refractivity (Wildman–Crippen MR) is 80.6 cm³/mol. The summed E-state index contributed by atoms with van der Waals surface area (Å²) in [7, 11) is -3.83. The van der Waals surface area contributed by atoms with Crippen LogP contribution in [0.1, 0.15) is 29.6 Å². The monoisotopic (exact) mass is 325 g/mol. The number of nitrogens with two attached hydrogens (primary N) is 1. The standard InChI is InChI=1S/C14H19N3O4S/c15-22(20,21)12-5-1-4-11(10-12)14(19)16-7-3-9-17-8-2-6-13(17)18/h1,4-5,10H,2-3,6-9H2,(H,16,19)(H2,15,20,21). The Labute approximate surface area is 129 Å². The van der Waals surface area contributed by atoms with Gasteiger partial charge < -0.3 is 10.2 Å². The van der Waals surface area contributed by atoms with Gasteiger partial charge in [0.05, 0.1) is 4.90 Å². The third-order valence-electron chi connectivity index (χ3n) is 3.49. The molecule has 0 bridgehead atoms. The fourth-order valence-electron chi connectivity index (χ4n) is 2.33. The van der Waals surface area contributed by atoms with Crippen molar-refractivity contribution in [1.29, 1.82) is 0 Å². The van der Waals surface area contributed by atoms with Gasteiger partial charge in [-0.2, -0.15) is 0 Å². The van der Waals surface area contributed by atoms with Gasteiger partial charge in [-0.05, 0) is 31.0 Å². The van der Waals surface area contributed by atoms with Crippen molar-refractivity contribution in [3.05, 3.63) is 29.8 Å². The molecule has 1 saturated heterocycles. The molecule has 0 spiro atoms. The lowest BCUT2D eigenvalue weighted by atomic mass is 10.2. The maximum Gasteiger partial charge on any atom is 0.251 e. The zero-order valence-corrected chi connectivity index (χ0v) is 12.9. The van der Waals surface area contributed by atoms with Gasteiger partial charge >= 0.3 is 0 Å². The van der Waals surface area contributed by atoms with Crippen LogP contribution < -0.4 is 10.5 Å². The molecule has 1 aromatic rings. The third kappa shape index (κ3) is 4.28. The first-order chi connectivity index (χ1) is 10.4. The topological polar surface area (TPSA) is 110 Å². The third-order valence-corrected chi connectivity index (χ3v) is 4.40. The zero-order valence-electron chi connectivity index (χ0n) is 12.1. The van der Waals surface area contributed by atoms with Crippen molar-refractivity contribution in [2.75, 3.05) is 19.6 Å². The first-order valence-electron chi connectivity index (χ1n) is 7.07. The highest BCUT2D eigenvalue weighted by atomic mass is 32.2. The molecule has 0 radical (unpaired) electrons. The van der Waals surface area contributed by atoms with E-state index < -0.39 is 10.0 Å². The quantitative estimate of drug-likeness (QED) is 0.722. The number of nitrogens with one attached hydrogen (secondary N) is 1. The summed E-state index contributed by atoms with van der Waals surface area (Å²) in [4.78, 5) is 25.1. The number of hydrogen-bond acceptors (Lipinski definition) is 4. The smallest absolute Gasteiger partial charge is 0.251 e. The number of likely N-dealkylation sites (tertiary alicyclic amines) is 1. The van der Waals surface area contributed by atoms with Gasteiger partial charge in [0.15, 0.2) is 0 Å². The van der Waals surface area contributed by atoms with Crippen molar-refractivity contribution in [1.82, 2.24) is 10.2 Å². The number of primary sulfonamides is 1. The number of carbonyl (C=O) groups excluding carboxylic acids is 2. The molecule has 2 amide bonds. The summed E-state index contributed by atoms with van der Waals surface area (Å²) in [6, 6.07) is 5.57. The maximum atomic E-state index is 12.0. The van der Waals surface area contributed by atoms with E-state index in [1.165, 1.54) is 24.3 Å². The first-order valence-corrected chi connectivity index (χ1v) is 8.61. The zero-order chi connectivity index (χ0) is 16.2. The highest BCUT2D eigenvalue weighted by Gasteiger charge is 2.19. The average Bonchev–Trinajstić information content (AvgIpc) is 2.88. The van der Waals surface area contributed by atoms with Crippen molar-refractivity contribution in [3.63, 3.8) is 0 Å². The van der Waals surface area contributed by atoms with Gasteiger partial charge in [0.1, 0.15) is 0 Å². The van der Waals surface area contributed by atoms with E-state index in [4.69, 9.17) is 5.14 Å². The number of benzene rings is 1. The molecule has 1 heterocycles. The van der Waals surface area contributed by atoms with Crippen LogP contribution in [0.25, 0.3) is 0 Å². The molecular weight excluding hydrogens is 306 g/mol. The van der Waals surface area contributed by atoms with E-state index in [0.29, 0.717) is 25.9 Å². The number of nitrogens with zero attached hydrogens (tertiary/aromatic N) is 1. The van der Waals surface area contributed by atoms with Gasteiger partial charge in [-0.15, -0.1) is 0 Å². The minimum Gasteiger partial charge on any atom is -0.352 e. The lowest BCUT2D eigenvalue weighted by Crippen LogP contribution is -2.30. The fraction of sp³-hybridized carbons (Fsp3) is 0.429. The molecule has 1 aromatic carbocycles. The normalized spacial score (nSPS) is 15.1. The van der Waals surface area contributed by atoms with Crippen LogP contribution >= 0.6 is 0 Å². The molecule has 1 aliphatic heterocycles. The molecule has 3 N–H and O–H groups in total. The average molecular weight is 325 g/mol. The van der Waals surface area contributed by atoms with Crippen LogP contribution in [0.3, 0.4) is 0 Å². The van der Waals surface area contributed by atoms with Gasteiger partial charge in [0.2, 0.25) is 15.9 Å². The fourth-order valence-corrected chi connectivity index (χ4v) is 2.89. The summed E-state index contributed by atoms with van der Waals surface area (Å²) < 4.78 is 22.5. The van der Waals surface area contributed by atoms with E-state index in [1.807, 2.05) is 0 Å². The molecule has 0 atom stereocenters. The minimum absolute atomic E-state index is 0.0946. The van der Waals surface area contributed by atoms with Crippen LogP contribution in [-0.2, 0) is 14.8 Å². The number of rotatable bonds is 6. The number of hydrogen-bond donors (Lipinski definition) is 2. The van der Waals surface area contributed by atoms with Gasteiger partial charge in [-0.25, -0.2) is 13.6 Å². The molecular formula is C14H19N3O4S. The molecule has 0 aliphatic carbocycles. The lowest BCUT2D eigenvalue weighted by molar-refractivity contribution is -0.127. The molecule has 0 unspecified atom stereocenters. The van der Waals surface area contributed by atoms with Crippen molar-refractivity contribution < 1.29 is 18.0 Å². The molecule has 8 heteroatoms. The van der Waals surface area contributed by atoms with Crippen molar-refractivity contribution in [2.24, 2.45) is 5.14 Å². The first kappa shape index (κ1) is 16.4. The van der Waals surface area contributed by atoms with Gasteiger partial charge in [-0.3, -0.25) is 9.59 Å². The van der Waals surface area contributed by atoms with E-state index in [1.54, 1.807) is 4.90 Å². The largest absolute Gasteiger partial charge is 0.352 e. The summed E-state index contributed by atoms with van der Waals surface area (Å²) in [6.45, 7) is 1.82. The Balaban J connectivity index is 1.83. The summed E-state index contributed by atoms with van der Waals surface area (Å²) in [5, 5.41) is 7.74. The van der Waals surface area contributed by atoms with E-state index in [9.17, 15) is 18.0 Å². The summed E-state index contributed by atoms with van der Waals surface area (Å²) in [5.41, 5.74) is 0.240. The second kappa shape index (κ2) is 6.89. The molecule has 22 heavy (non-hydrogen) atoms. The Hall–Kier alpha value is -1.93. The van der Waals surface area contributed by atoms with E-state index in [-0.39, 0.29) is 22.3 Å². The Morgan fingerprint density at radius 2 is 2.14 bits per heavy atom. The molecule has 0 aromatic heterocycles. The maximum absolute atomic E-state index is 12.0. The molecule has 120 valence electrons. The second-order valence-electron chi connectivity index (χ2n) is 5.17. The van der Waals surface area contributed by atoms with Crippen LogP contribution in [0, 0.1) is 0 Å². The van der Waals surface area contributed by atoms with Gasteiger partial charge in [0, 0.05) is 31.6 Å². The van der Waals surface area contributed by atoms with Gasteiger partial charge in [-0.1, -0.05) is 6.07 Å². The highest BCUT2D eigenvalue weighted by molar-refractivity contribution is 7.89. The van der Waals surface area contributed by atoms with E-state index >= 15 is 0 Å². The van der Waals surface area contributed by atoms with Crippen LogP contribution in [-0.4, -0.2) is 44.8 Å². The van der Waals surface area contributed by atoms with Crippen molar-refractivity contribution >= 4 is 21.8 Å². The predicted octanol–water partition coefficient (Wildman–Crippen LogP) is 0.0763. The minimum atomic E-state index is -3.83.